The molecule has 1 aromatic rings. The summed E-state index contributed by atoms with van der Waals surface area (Å²) < 4.78 is 30.6. The van der Waals surface area contributed by atoms with Gasteiger partial charge in [-0.1, -0.05) is 6.92 Å². The third kappa shape index (κ3) is 2.91. The zero-order valence-electron chi connectivity index (χ0n) is 10.6. The normalized spacial score (nSPS) is 12.3. The van der Waals surface area contributed by atoms with Crippen LogP contribution in [-0.2, 0) is 10.0 Å². The topological polar surface area (TPSA) is 87.8 Å². The fourth-order valence-electron chi connectivity index (χ4n) is 1.57. The van der Waals surface area contributed by atoms with Gasteiger partial charge in [0.05, 0.1) is 0 Å². The van der Waals surface area contributed by atoms with Crippen LogP contribution in [-0.4, -0.2) is 36.4 Å². The molecule has 1 N–H and O–H groups in total. The van der Waals surface area contributed by atoms with E-state index in [1.807, 2.05) is 6.92 Å². The molecule has 0 radical (unpaired) electrons. The first kappa shape index (κ1) is 14.7. The quantitative estimate of drug-likeness (QED) is 0.855. The van der Waals surface area contributed by atoms with Crippen molar-refractivity contribution in [3.63, 3.8) is 0 Å². The van der Waals surface area contributed by atoms with Crippen molar-refractivity contribution >= 4 is 16.0 Å². The number of carboxylic acids is 1. The maximum atomic E-state index is 12.2. The second kappa shape index (κ2) is 5.53. The molecule has 1 heterocycles. The molecule has 0 aliphatic rings. The summed E-state index contributed by atoms with van der Waals surface area (Å²) in [5.41, 5.74) is 0. The summed E-state index contributed by atoms with van der Waals surface area (Å²) in [6.07, 6.45) is 0.671. The lowest BCUT2D eigenvalue weighted by Crippen LogP contribution is -2.37. The highest BCUT2D eigenvalue weighted by molar-refractivity contribution is 7.89. The minimum Gasteiger partial charge on any atom is -0.475 e. The molecule has 18 heavy (non-hydrogen) atoms. The minimum absolute atomic E-state index is 0.215. The summed E-state index contributed by atoms with van der Waals surface area (Å²) in [4.78, 5) is 10.7. The van der Waals surface area contributed by atoms with Gasteiger partial charge < -0.3 is 9.52 Å². The number of sulfonamides is 1. The highest BCUT2D eigenvalue weighted by Crippen LogP contribution is 2.21. The molecule has 0 aliphatic carbocycles. The molecular weight excluding hydrogens is 258 g/mol. The molecule has 6 nitrogen and oxygen atoms in total. The van der Waals surface area contributed by atoms with Crippen LogP contribution in [0.1, 0.15) is 37.7 Å². The molecule has 102 valence electrons. The van der Waals surface area contributed by atoms with Gasteiger partial charge in [0.15, 0.2) is 0 Å². The Morgan fingerprint density at radius 2 is 2.06 bits per heavy atom. The molecule has 1 rings (SSSR count). The van der Waals surface area contributed by atoms with E-state index in [-0.39, 0.29) is 16.9 Å². The van der Waals surface area contributed by atoms with E-state index >= 15 is 0 Å². The van der Waals surface area contributed by atoms with Gasteiger partial charge in [-0.3, -0.25) is 0 Å². The van der Waals surface area contributed by atoms with Gasteiger partial charge >= 0.3 is 5.97 Å². The lowest BCUT2D eigenvalue weighted by atomic mass is 10.4. The van der Waals surface area contributed by atoms with Crippen LogP contribution in [0.15, 0.2) is 21.6 Å². The van der Waals surface area contributed by atoms with Gasteiger partial charge in [0.25, 0.3) is 10.0 Å². The zero-order valence-corrected chi connectivity index (χ0v) is 11.4. The molecule has 0 bridgehead atoms. The van der Waals surface area contributed by atoms with Crippen LogP contribution >= 0.6 is 0 Å². The van der Waals surface area contributed by atoms with Crippen molar-refractivity contribution in [2.75, 3.05) is 6.54 Å². The van der Waals surface area contributed by atoms with Gasteiger partial charge in [0.1, 0.15) is 0 Å². The van der Waals surface area contributed by atoms with Gasteiger partial charge in [0.2, 0.25) is 10.9 Å². The Morgan fingerprint density at radius 3 is 2.44 bits per heavy atom. The van der Waals surface area contributed by atoms with Crippen LogP contribution in [0.25, 0.3) is 0 Å². The van der Waals surface area contributed by atoms with Crippen molar-refractivity contribution in [2.45, 2.75) is 38.3 Å². The Kier molecular flexibility index (Phi) is 4.53. The molecule has 0 saturated heterocycles. The fourth-order valence-corrected chi connectivity index (χ4v) is 3.21. The summed E-state index contributed by atoms with van der Waals surface area (Å²) in [6, 6.07) is 2.09. The Labute approximate surface area is 106 Å². The van der Waals surface area contributed by atoms with Crippen LogP contribution in [0, 0.1) is 0 Å². The number of hydrogen-bond donors (Lipinski definition) is 1. The van der Waals surface area contributed by atoms with Crippen LogP contribution in [0.4, 0.5) is 0 Å². The smallest absolute Gasteiger partial charge is 0.371 e. The van der Waals surface area contributed by atoms with Gasteiger partial charge in [0, 0.05) is 12.6 Å². The summed E-state index contributed by atoms with van der Waals surface area (Å²) in [5.74, 6) is -1.67. The highest BCUT2D eigenvalue weighted by atomic mass is 32.2. The molecule has 0 fully saturated rings. The van der Waals surface area contributed by atoms with Crippen molar-refractivity contribution in [1.82, 2.24) is 4.31 Å². The van der Waals surface area contributed by atoms with E-state index in [4.69, 9.17) is 9.52 Å². The Balaban J connectivity index is 3.14. The predicted molar refractivity (Wildman–Crippen MR) is 65.0 cm³/mol. The van der Waals surface area contributed by atoms with E-state index in [9.17, 15) is 13.2 Å². The van der Waals surface area contributed by atoms with Crippen molar-refractivity contribution < 1.29 is 22.7 Å². The van der Waals surface area contributed by atoms with Crippen LogP contribution in [0.3, 0.4) is 0 Å². The number of aromatic carboxylic acids is 1. The molecule has 0 atom stereocenters. The number of hydrogen-bond acceptors (Lipinski definition) is 4. The number of furan rings is 1. The standard InChI is InChI=1S/C11H17NO5S/c1-4-7-12(8(2)3)18(15,16)10-6-5-9(17-10)11(13)14/h5-6,8H,4,7H2,1-3H3,(H,13,14). The summed E-state index contributed by atoms with van der Waals surface area (Å²) in [5, 5.41) is 8.38. The van der Waals surface area contributed by atoms with E-state index < -0.39 is 16.0 Å². The Bertz CT molecular complexity index is 517. The molecule has 0 aromatic carbocycles. The number of carboxylic acid groups (broad SMARTS) is 1. The Hall–Kier alpha value is -1.34. The van der Waals surface area contributed by atoms with E-state index in [1.165, 1.54) is 10.4 Å². The summed E-state index contributed by atoms with van der Waals surface area (Å²) >= 11 is 0. The van der Waals surface area contributed by atoms with E-state index in [1.54, 1.807) is 13.8 Å². The molecule has 0 amide bonds. The van der Waals surface area contributed by atoms with E-state index in [2.05, 4.69) is 0 Å². The van der Waals surface area contributed by atoms with Crippen molar-refractivity contribution in [2.24, 2.45) is 0 Å². The maximum Gasteiger partial charge on any atom is 0.371 e. The monoisotopic (exact) mass is 275 g/mol. The van der Waals surface area contributed by atoms with Crippen LogP contribution < -0.4 is 0 Å². The summed E-state index contributed by atoms with van der Waals surface area (Å²) in [6.45, 7) is 5.75. The van der Waals surface area contributed by atoms with Crippen molar-refractivity contribution in [3.8, 4) is 0 Å². The SMILES string of the molecule is CCCN(C(C)C)S(=O)(=O)c1ccc(C(=O)O)o1. The van der Waals surface area contributed by atoms with Crippen LogP contribution in [0.5, 0.6) is 0 Å². The second-order valence-electron chi connectivity index (χ2n) is 4.13. The fraction of sp³-hybridized carbons (Fsp3) is 0.545. The molecule has 1 aromatic heterocycles. The summed E-state index contributed by atoms with van der Waals surface area (Å²) in [7, 11) is -3.77. The highest BCUT2D eigenvalue weighted by Gasteiger charge is 2.29. The number of rotatable bonds is 6. The van der Waals surface area contributed by atoms with Crippen molar-refractivity contribution in [1.29, 1.82) is 0 Å². The lowest BCUT2D eigenvalue weighted by Gasteiger charge is -2.23. The van der Waals surface area contributed by atoms with Gasteiger partial charge in [-0.2, -0.15) is 4.31 Å². The number of nitrogens with zero attached hydrogens (tertiary/aromatic N) is 1. The zero-order chi connectivity index (χ0) is 13.9. The van der Waals surface area contributed by atoms with E-state index in [0.29, 0.717) is 13.0 Å². The first-order valence-electron chi connectivity index (χ1n) is 5.65. The molecule has 0 saturated carbocycles. The van der Waals surface area contributed by atoms with Crippen molar-refractivity contribution in [3.05, 3.63) is 17.9 Å². The molecule has 7 heteroatoms. The molecule has 0 aliphatic heterocycles. The first-order chi connectivity index (χ1) is 8.30. The maximum absolute atomic E-state index is 12.2. The molecular formula is C11H17NO5S. The third-order valence-electron chi connectivity index (χ3n) is 2.38. The average Bonchev–Trinajstić information content (AvgIpc) is 2.74. The Morgan fingerprint density at radius 1 is 1.44 bits per heavy atom. The van der Waals surface area contributed by atoms with E-state index in [0.717, 1.165) is 6.07 Å². The lowest BCUT2D eigenvalue weighted by molar-refractivity contribution is 0.0656. The average molecular weight is 275 g/mol. The van der Waals surface area contributed by atoms with Gasteiger partial charge in [-0.15, -0.1) is 0 Å². The predicted octanol–water partition coefficient (Wildman–Crippen LogP) is 1.79. The third-order valence-corrected chi connectivity index (χ3v) is 4.32. The number of carbonyl (C=O) groups is 1. The van der Waals surface area contributed by atoms with Crippen LogP contribution in [0.2, 0.25) is 0 Å². The molecule has 0 spiro atoms. The second-order valence-corrected chi connectivity index (χ2v) is 5.95. The molecule has 0 unspecified atom stereocenters. The van der Waals surface area contributed by atoms with Gasteiger partial charge in [-0.25, -0.2) is 13.2 Å². The minimum atomic E-state index is -3.77. The van der Waals surface area contributed by atoms with Gasteiger partial charge in [-0.05, 0) is 32.4 Å². The first-order valence-corrected chi connectivity index (χ1v) is 7.09. The largest absolute Gasteiger partial charge is 0.475 e.